The highest BCUT2D eigenvalue weighted by molar-refractivity contribution is 7.65. The Morgan fingerprint density at radius 1 is 1.12 bits per heavy atom. The number of benzene rings is 2. The number of pyridine rings is 1. The van der Waals surface area contributed by atoms with Gasteiger partial charge in [-0.1, -0.05) is 23.6 Å². The molecule has 4 N–H and O–H groups in total. The Bertz CT molecular complexity index is 2110. The van der Waals surface area contributed by atoms with E-state index in [-0.39, 0.29) is 67.4 Å². The van der Waals surface area contributed by atoms with Gasteiger partial charge in [0.25, 0.3) is 0 Å². The van der Waals surface area contributed by atoms with Crippen LogP contribution in [0.3, 0.4) is 0 Å². The number of fused-ring (bicyclic) bond motifs is 5. The van der Waals surface area contributed by atoms with Crippen LogP contribution in [0.2, 0.25) is 5.15 Å². The second kappa shape index (κ2) is 12.3. The maximum absolute atomic E-state index is 17.2. The van der Waals surface area contributed by atoms with Gasteiger partial charge >= 0.3 is 6.01 Å². The van der Waals surface area contributed by atoms with Crippen LogP contribution in [-0.2, 0) is 0 Å². The maximum Gasteiger partial charge on any atom is 0.321 e. The van der Waals surface area contributed by atoms with Gasteiger partial charge in [-0.2, -0.15) is 9.97 Å². The molecule has 11 nitrogen and oxygen atoms in total. The summed E-state index contributed by atoms with van der Waals surface area (Å²) in [5, 5.41) is 15.4. The molecule has 2 bridgehead atoms. The molecule has 50 heavy (non-hydrogen) atoms. The highest BCUT2D eigenvalue weighted by Gasteiger charge is 2.57. The number of nitrogens with zero attached hydrogens (tertiary/aromatic N) is 5. The number of ether oxygens (including phenoxy) is 1. The number of aromatic nitrogens is 3. The lowest BCUT2D eigenvalue weighted by molar-refractivity contribution is -0.154. The zero-order valence-electron chi connectivity index (χ0n) is 26.7. The van der Waals surface area contributed by atoms with Crippen LogP contribution in [0.25, 0.3) is 32.9 Å². The topological polar surface area (TPSA) is 144 Å². The Balaban J connectivity index is 1.36. The number of halogens is 3. The average Bonchev–Trinajstić information content (AvgIpc) is 3.80. The molecule has 0 spiro atoms. The summed E-state index contributed by atoms with van der Waals surface area (Å²) in [6.07, 6.45) is 10.4. The van der Waals surface area contributed by atoms with E-state index >= 15 is 8.78 Å². The molecule has 3 atom stereocenters. The van der Waals surface area contributed by atoms with E-state index in [0.29, 0.717) is 25.9 Å². The Kier molecular flexibility index (Phi) is 8.27. The number of carbonyl (C=O) groups is 1. The minimum atomic E-state index is -3.06. The molecule has 2 radical (unpaired) electrons. The van der Waals surface area contributed by atoms with Crippen molar-refractivity contribution in [2.45, 2.75) is 61.8 Å². The number of hydrogen-bond donors (Lipinski definition) is 4. The predicted molar refractivity (Wildman–Crippen MR) is 185 cm³/mol. The first-order valence-electron chi connectivity index (χ1n) is 16.4. The predicted octanol–water partition coefficient (Wildman–Crippen LogP) is 3.96. The van der Waals surface area contributed by atoms with Gasteiger partial charge in [-0.25, -0.2) is 13.8 Å². The van der Waals surface area contributed by atoms with Crippen LogP contribution in [0.4, 0.5) is 14.6 Å². The first-order valence-corrected chi connectivity index (χ1v) is 18.0. The second-order valence-corrected chi connectivity index (χ2v) is 14.8. The molecule has 4 aromatic rings. The van der Waals surface area contributed by atoms with Crippen LogP contribution >= 0.6 is 20.0 Å². The molecule has 6 heterocycles. The molecule has 2 aromatic carbocycles. The molecule has 0 saturated carbocycles. The molecule has 4 saturated heterocycles. The molecule has 0 amide bonds. The fourth-order valence-electron chi connectivity index (χ4n) is 8.45. The summed E-state index contributed by atoms with van der Waals surface area (Å²) in [6, 6.07) is 4.85. The highest BCUT2D eigenvalue weighted by atomic mass is 35.5. The van der Waals surface area contributed by atoms with E-state index in [0.717, 1.165) is 44.8 Å². The van der Waals surface area contributed by atoms with Crippen molar-refractivity contribution >= 4 is 60.8 Å². The summed E-state index contributed by atoms with van der Waals surface area (Å²) < 4.78 is 38.3. The molecule has 256 valence electrons. The minimum absolute atomic E-state index is 0.0495. The fraction of sp³-hybridized carbons (Fsp3) is 0.412. The first kappa shape index (κ1) is 33.6. The highest BCUT2D eigenvalue weighted by Crippen LogP contribution is 2.47. The van der Waals surface area contributed by atoms with Crippen LogP contribution in [0.1, 0.15) is 54.4 Å². The molecular weight excluding hydrogens is 688 g/mol. The number of anilines is 1. The lowest BCUT2D eigenvalue weighted by Gasteiger charge is -2.44. The Hall–Kier alpha value is -3.54. The molecule has 4 aliphatic heterocycles. The van der Waals surface area contributed by atoms with Crippen molar-refractivity contribution in [1.29, 1.82) is 0 Å². The zero-order chi connectivity index (χ0) is 35.1. The fourth-order valence-corrected chi connectivity index (χ4v) is 9.07. The Morgan fingerprint density at radius 2 is 1.82 bits per heavy atom. The van der Waals surface area contributed by atoms with Gasteiger partial charge in [0.15, 0.2) is 19.3 Å². The summed E-state index contributed by atoms with van der Waals surface area (Å²) >= 11 is 6.89. The first-order chi connectivity index (χ1) is 23.9. The molecule has 16 heteroatoms. The number of nitrogens with one attached hydrogen (secondary N) is 1. The van der Waals surface area contributed by atoms with E-state index in [9.17, 15) is 19.7 Å². The van der Waals surface area contributed by atoms with E-state index in [1.807, 2.05) is 4.90 Å². The van der Waals surface area contributed by atoms with Gasteiger partial charge in [0.05, 0.1) is 16.5 Å². The molecule has 0 aliphatic carbocycles. The van der Waals surface area contributed by atoms with E-state index in [2.05, 4.69) is 31.1 Å². The molecule has 3 unspecified atom stereocenters. The normalized spacial score (nSPS) is 22.6. The lowest BCUT2D eigenvalue weighted by atomic mass is 9.73. The van der Waals surface area contributed by atoms with Crippen LogP contribution in [0.5, 0.6) is 6.01 Å². The lowest BCUT2D eigenvalue weighted by Crippen LogP contribution is -2.62. The Labute approximate surface area is 293 Å². The van der Waals surface area contributed by atoms with Gasteiger partial charge in [-0.3, -0.25) is 9.69 Å². The van der Waals surface area contributed by atoms with Crippen molar-refractivity contribution < 1.29 is 33.2 Å². The minimum Gasteiger partial charge on any atom is -0.439 e. The monoisotopic (exact) mass is 718 g/mol. The van der Waals surface area contributed by atoms with Crippen LogP contribution < -0.4 is 15.0 Å². The van der Waals surface area contributed by atoms with E-state index < -0.39 is 42.5 Å². The third-order valence-electron chi connectivity index (χ3n) is 10.7. The standard InChI is InChI=1S/C34H31BClF2N6O5P/c1-2-21-23(37)8-5-17-13-18(31(45)50(47)48)14-22(24(17)21)27-26(38)28-25(29(36)40-27)30(43-15-19-6-7-20(16-43)39-19)42-32(41-28)49-34(35,46)33-9-3-11-44(33)12-4-10-33/h1,5,8,13-14,19-20,39,46-48H,3-4,6-7,9-12,15-16H2. The number of rotatable bonds is 7. The van der Waals surface area contributed by atoms with Gasteiger partial charge in [0, 0.05) is 41.7 Å². The van der Waals surface area contributed by atoms with Gasteiger partial charge in [-0.15, -0.1) is 6.42 Å². The van der Waals surface area contributed by atoms with Crippen LogP contribution in [-0.4, -0.2) is 97.6 Å². The summed E-state index contributed by atoms with van der Waals surface area (Å²) in [7, 11) is 3.50. The number of carbonyl (C=O) groups excluding carboxylic acids is 1. The van der Waals surface area contributed by atoms with Crippen LogP contribution in [0, 0.1) is 24.0 Å². The van der Waals surface area contributed by atoms with Crippen molar-refractivity contribution in [2.75, 3.05) is 31.1 Å². The van der Waals surface area contributed by atoms with Crippen molar-refractivity contribution in [1.82, 2.24) is 25.2 Å². The van der Waals surface area contributed by atoms with Crippen molar-refractivity contribution in [3.8, 4) is 29.6 Å². The van der Waals surface area contributed by atoms with Crippen molar-refractivity contribution in [3.63, 3.8) is 0 Å². The number of hydrogen-bond acceptors (Lipinski definition) is 11. The van der Waals surface area contributed by atoms with Crippen molar-refractivity contribution in [2.24, 2.45) is 0 Å². The SMILES string of the molecule is [B]C(O)(Oc1nc(N2CC3CCC(C2)N3)c2c(Cl)nc(-c3cc(C(=O)P(O)O)cc4ccc(F)c(C#C)c34)c(F)c2n1)C12CCCN1CCC2. The van der Waals surface area contributed by atoms with E-state index in [1.54, 1.807) is 0 Å². The summed E-state index contributed by atoms with van der Waals surface area (Å²) in [6.45, 7) is 2.55. The second-order valence-electron chi connectivity index (χ2n) is 13.5. The van der Waals surface area contributed by atoms with Gasteiger partial charge in [-0.05, 0) is 75.2 Å². The van der Waals surface area contributed by atoms with Gasteiger partial charge in [0.1, 0.15) is 28.0 Å². The molecule has 4 fully saturated rings. The zero-order valence-corrected chi connectivity index (χ0v) is 28.3. The van der Waals surface area contributed by atoms with Crippen molar-refractivity contribution in [3.05, 3.63) is 52.2 Å². The molecule has 8 rings (SSSR count). The Morgan fingerprint density at radius 3 is 2.48 bits per heavy atom. The summed E-state index contributed by atoms with van der Waals surface area (Å²) in [4.78, 5) is 49.9. The average molecular weight is 719 g/mol. The van der Waals surface area contributed by atoms with Crippen LogP contribution in [0.15, 0.2) is 24.3 Å². The summed E-state index contributed by atoms with van der Waals surface area (Å²) in [5.74, 6) is 0.738. The quantitative estimate of drug-likeness (QED) is 0.0725. The molecule has 2 aromatic heterocycles. The molecular formula is C34H31BClF2N6O5P. The van der Waals surface area contributed by atoms with Gasteiger partial charge in [0.2, 0.25) is 13.9 Å². The van der Waals surface area contributed by atoms with E-state index in [4.69, 9.17) is 30.6 Å². The summed E-state index contributed by atoms with van der Waals surface area (Å²) in [5.41, 5.74) is -5.40. The molecule has 4 aliphatic rings. The number of terminal acetylenes is 1. The number of aliphatic hydroxyl groups is 1. The maximum atomic E-state index is 17.2. The van der Waals surface area contributed by atoms with E-state index in [1.165, 1.54) is 18.2 Å². The third kappa shape index (κ3) is 5.25. The smallest absolute Gasteiger partial charge is 0.321 e. The number of piperazine rings is 1. The largest absolute Gasteiger partial charge is 0.439 e. The third-order valence-corrected chi connectivity index (χ3v) is 11.6. The van der Waals surface area contributed by atoms with Gasteiger partial charge < -0.3 is 29.8 Å².